The zero-order chi connectivity index (χ0) is 26.7. The molecule has 1 atom stereocenters. The van der Waals surface area contributed by atoms with E-state index in [0.717, 1.165) is 6.07 Å². The Morgan fingerprint density at radius 3 is 1.09 bits per heavy atom. The summed E-state index contributed by atoms with van der Waals surface area (Å²) < 4.78 is 224. The lowest BCUT2D eigenvalue weighted by molar-refractivity contribution is -0.464. The van der Waals surface area contributed by atoms with Crippen molar-refractivity contribution in [3.63, 3.8) is 0 Å². The molecule has 0 saturated carbocycles. The molecule has 0 aromatic heterocycles. The third-order valence-corrected chi connectivity index (χ3v) is 4.21. The van der Waals surface area contributed by atoms with Crippen molar-refractivity contribution < 1.29 is 79.7 Å². The molecular weight excluding hydrogens is 519 g/mol. The highest BCUT2D eigenvalue weighted by molar-refractivity contribution is 5.23. The molecule has 0 aliphatic heterocycles. The van der Waals surface area contributed by atoms with Crippen LogP contribution in [0.5, 0.6) is 0 Å². The molecule has 0 aliphatic rings. The van der Waals surface area contributed by atoms with Gasteiger partial charge in [0.25, 0.3) is 0 Å². The fourth-order valence-corrected chi connectivity index (χ4v) is 2.19. The first-order valence-electron chi connectivity index (χ1n) is 7.71. The molecule has 0 saturated heterocycles. The van der Waals surface area contributed by atoms with Gasteiger partial charge in [0.05, 0.1) is 0 Å². The number of alkyl halides is 17. The second-order valence-electron chi connectivity index (χ2n) is 6.38. The third kappa shape index (κ3) is 3.77. The summed E-state index contributed by atoms with van der Waals surface area (Å²) in [6, 6.07) is 3.01. The van der Waals surface area contributed by atoms with Gasteiger partial charge in [0, 0.05) is 0 Å². The molecule has 0 aliphatic carbocycles. The maximum absolute atomic E-state index is 13.8. The van der Waals surface area contributed by atoms with Gasteiger partial charge in [-0.15, -0.1) is 0 Å². The zero-order valence-electron chi connectivity index (χ0n) is 14.8. The molecule has 18 heteroatoms. The topological polar surface area (TPSA) is 20.2 Å². The number of benzene rings is 1. The van der Waals surface area contributed by atoms with Crippen LogP contribution in [-0.2, 0) is 0 Å². The van der Waals surface area contributed by atoms with Gasteiger partial charge in [0.2, 0.25) is 0 Å². The van der Waals surface area contributed by atoms with E-state index in [9.17, 15) is 79.7 Å². The van der Waals surface area contributed by atoms with Gasteiger partial charge in [0.1, 0.15) is 6.10 Å². The van der Waals surface area contributed by atoms with Gasteiger partial charge >= 0.3 is 47.6 Å². The van der Waals surface area contributed by atoms with Crippen molar-refractivity contribution in [3.8, 4) is 0 Å². The van der Waals surface area contributed by atoms with E-state index in [2.05, 4.69) is 0 Å². The van der Waals surface area contributed by atoms with Crippen molar-refractivity contribution >= 4 is 0 Å². The highest BCUT2D eigenvalue weighted by atomic mass is 19.4. The van der Waals surface area contributed by atoms with Crippen molar-refractivity contribution in [2.45, 2.75) is 53.7 Å². The number of rotatable bonds is 8. The SMILES string of the molecule is O[C@H](c1ccccc1)C(F)(F)C(F)(F)C(F)(F)C(F)(F)C(F)(F)C(F)(F)C(F)(F)C(F)(F)F. The Morgan fingerprint density at radius 1 is 0.455 bits per heavy atom. The van der Waals surface area contributed by atoms with Gasteiger partial charge in [-0.1, -0.05) is 30.3 Å². The summed E-state index contributed by atoms with van der Waals surface area (Å²) in [6.07, 6.45) is -12.0. The molecule has 0 fully saturated rings. The number of hydrogen-bond donors (Lipinski definition) is 1. The molecule has 0 amide bonds. The van der Waals surface area contributed by atoms with Crippen molar-refractivity contribution in [2.75, 3.05) is 0 Å². The Bertz CT molecular complexity index is 827. The molecule has 0 heterocycles. The fraction of sp³-hybridized carbons (Fsp3) is 0.600. The molecule has 1 aromatic rings. The second kappa shape index (κ2) is 7.76. The summed E-state index contributed by atoms with van der Waals surface area (Å²) in [5.41, 5.74) is -1.41. The number of aliphatic hydroxyl groups is 1. The van der Waals surface area contributed by atoms with E-state index in [1.807, 2.05) is 0 Å². The Hall–Kier alpha value is -2.01. The highest BCUT2D eigenvalue weighted by Crippen LogP contribution is 2.64. The maximum Gasteiger partial charge on any atom is 0.460 e. The summed E-state index contributed by atoms with van der Waals surface area (Å²) in [6.45, 7) is 0. The Labute approximate surface area is 170 Å². The number of aliphatic hydroxyl groups excluding tert-OH is 1. The van der Waals surface area contributed by atoms with E-state index < -0.39 is 59.3 Å². The minimum atomic E-state index is -8.69. The van der Waals surface area contributed by atoms with E-state index in [1.165, 1.54) is 0 Å². The number of hydrogen-bond acceptors (Lipinski definition) is 1. The van der Waals surface area contributed by atoms with Gasteiger partial charge in [-0.2, -0.15) is 74.6 Å². The lowest BCUT2D eigenvalue weighted by Crippen LogP contribution is -2.74. The van der Waals surface area contributed by atoms with Crippen LogP contribution in [0.3, 0.4) is 0 Å². The molecule has 1 N–H and O–H groups in total. The van der Waals surface area contributed by atoms with Crippen LogP contribution in [0.2, 0.25) is 0 Å². The molecule has 192 valence electrons. The second-order valence-corrected chi connectivity index (χ2v) is 6.38. The van der Waals surface area contributed by atoms with Crippen molar-refractivity contribution in [1.29, 1.82) is 0 Å². The lowest BCUT2D eigenvalue weighted by atomic mass is 9.86. The summed E-state index contributed by atoms with van der Waals surface area (Å²) >= 11 is 0. The monoisotopic (exact) mass is 526 g/mol. The van der Waals surface area contributed by atoms with Crippen LogP contribution in [0, 0.1) is 0 Å². The molecule has 1 nitrogen and oxygen atoms in total. The first kappa shape index (κ1) is 29.0. The van der Waals surface area contributed by atoms with E-state index >= 15 is 0 Å². The normalized spacial score (nSPS) is 16.7. The van der Waals surface area contributed by atoms with E-state index in [4.69, 9.17) is 0 Å². The van der Waals surface area contributed by atoms with Crippen LogP contribution >= 0.6 is 0 Å². The van der Waals surface area contributed by atoms with Crippen LogP contribution < -0.4 is 0 Å². The Morgan fingerprint density at radius 2 is 0.758 bits per heavy atom. The number of halogens is 17. The minimum absolute atomic E-state index is 0.317. The molecule has 1 aromatic carbocycles. The van der Waals surface area contributed by atoms with Crippen molar-refractivity contribution in [3.05, 3.63) is 35.9 Å². The largest absolute Gasteiger partial charge is 0.460 e. The average Bonchev–Trinajstić information content (AvgIpc) is 2.66. The third-order valence-electron chi connectivity index (χ3n) is 4.21. The van der Waals surface area contributed by atoms with Crippen LogP contribution in [-0.4, -0.2) is 52.7 Å². The summed E-state index contributed by atoms with van der Waals surface area (Å²) in [5.74, 6) is -57.4. The van der Waals surface area contributed by atoms with E-state index in [1.54, 1.807) is 0 Å². The van der Waals surface area contributed by atoms with Gasteiger partial charge in [-0.25, -0.2) is 0 Å². The first-order valence-corrected chi connectivity index (χ1v) is 7.71. The minimum Gasteiger partial charge on any atom is -0.382 e. The molecule has 0 bridgehead atoms. The van der Waals surface area contributed by atoms with Gasteiger partial charge < -0.3 is 5.11 Å². The average molecular weight is 526 g/mol. The van der Waals surface area contributed by atoms with Crippen molar-refractivity contribution in [1.82, 2.24) is 0 Å². The van der Waals surface area contributed by atoms with Gasteiger partial charge in [0.15, 0.2) is 0 Å². The fourth-order valence-electron chi connectivity index (χ4n) is 2.19. The maximum atomic E-state index is 13.8. The molecule has 0 spiro atoms. The lowest BCUT2D eigenvalue weighted by Gasteiger charge is -2.43. The van der Waals surface area contributed by atoms with Gasteiger partial charge in [-0.3, -0.25) is 0 Å². The predicted molar refractivity (Wildman–Crippen MR) is 72.1 cm³/mol. The molecule has 1 rings (SSSR count). The Balaban J connectivity index is 3.66. The van der Waals surface area contributed by atoms with Crippen LogP contribution in [0.1, 0.15) is 11.7 Å². The summed E-state index contributed by atoms with van der Waals surface area (Å²) in [4.78, 5) is 0. The molecule has 33 heavy (non-hydrogen) atoms. The smallest absolute Gasteiger partial charge is 0.382 e. The van der Waals surface area contributed by atoms with Crippen LogP contribution in [0.25, 0.3) is 0 Å². The quantitative estimate of drug-likeness (QED) is 0.373. The summed E-state index contributed by atoms with van der Waals surface area (Å²) in [7, 11) is 0. The van der Waals surface area contributed by atoms with Crippen LogP contribution in [0.15, 0.2) is 30.3 Å². The van der Waals surface area contributed by atoms with Crippen LogP contribution in [0.4, 0.5) is 74.6 Å². The molecular formula is C15H7F17O. The zero-order valence-corrected chi connectivity index (χ0v) is 14.8. The van der Waals surface area contributed by atoms with E-state index in [-0.39, 0.29) is 0 Å². The van der Waals surface area contributed by atoms with Gasteiger partial charge in [-0.05, 0) is 5.56 Å². The summed E-state index contributed by atoms with van der Waals surface area (Å²) in [5, 5.41) is 9.20. The predicted octanol–water partition coefficient (Wildman–Crippen LogP) is 6.73. The van der Waals surface area contributed by atoms with Crippen molar-refractivity contribution in [2.24, 2.45) is 0 Å². The van der Waals surface area contributed by atoms with E-state index in [0.29, 0.717) is 24.3 Å². The first-order chi connectivity index (χ1) is 14.3. The molecule has 0 radical (unpaired) electrons. The highest BCUT2D eigenvalue weighted by Gasteiger charge is 2.95. The standard InChI is InChI=1S/C15H7F17O/c16-8(17,7(33)6-4-2-1-3-5-6)9(18,19)10(20,21)11(22,23)12(24,25)13(26,27)14(28,29)15(30,31)32/h1-5,7,33H/t7-/m1/s1. The Kier molecular flexibility index (Phi) is 6.82. The molecule has 0 unspecified atom stereocenters.